The molecular weight excluding hydrogens is 476 g/mol. The highest BCUT2D eigenvalue weighted by Crippen LogP contribution is 2.35. The highest BCUT2D eigenvalue weighted by molar-refractivity contribution is 7.99. The molecule has 4 rings (SSSR count). The molecule has 0 aliphatic heterocycles. The Balaban J connectivity index is 1.44. The quantitative estimate of drug-likeness (QED) is 0.317. The fraction of sp³-hybridized carbons (Fsp3) is 0.115. The summed E-state index contributed by atoms with van der Waals surface area (Å²) in [6, 6.07) is 21.4. The number of carbonyl (C=O) groups excluding carboxylic acids is 1. The van der Waals surface area contributed by atoms with Gasteiger partial charge in [-0.05, 0) is 12.5 Å². The molecule has 0 aliphatic rings. The van der Waals surface area contributed by atoms with Crippen LogP contribution < -0.4 is 11.1 Å². The maximum atomic E-state index is 12.5. The molecule has 9 heteroatoms. The lowest BCUT2D eigenvalue weighted by Gasteiger charge is -2.12. The number of amides is 1. The zero-order valence-electron chi connectivity index (χ0n) is 18.8. The smallest absolute Gasteiger partial charge is 0.226 e. The Morgan fingerprint density at radius 1 is 1.03 bits per heavy atom. The number of nitrogens with one attached hydrogen (secondary N) is 1. The van der Waals surface area contributed by atoms with E-state index < -0.39 is 0 Å². The number of benzene rings is 2. The number of nitrogen functional groups attached to an aromatic ring is 1. The number of carbonyl (C=O) groups is 1. The minimum Gasteiger partial charge on any atom is -0.383 e. The van der Waals surface area contributed by atoms with Crippen LogP contribution in [0.2, 0.25) is 0 Å². The molecule has 0 aliphatic carbocycles. The summed E-state index contributed by atoms with van der Waals surface area (Å²) in [6.07, 6.45) is 0.192. The molecule has 3 N–H and O–H groups in total. The van der Waals surface area contributed by atoms with Crippen molar-refractivity contribution >= 4 is 40.0 Å². The Morgan fingerprint density at radius 2 is 1.74 bits per heavy atom. The lowest BCUT2D eigenvalue weighted by Crippen LogP contribution is -2.12. The summed E-state index contributed by atoms with van der Waals surface area (Å²) in [5.41, 5.74) is 10.6. The first-order chi connectivity index (χ1) is 17.0. The summed E-state index contributed by atoms with van der Waals surface area (Å²) in [6.45, 7) is 2.03. The Hall–Kier alpha value is -4.18. The van der Waals surface area contributed by atoms with Gasteiger partial charge in [0.05, 0.1) is 11.3 Å². The number of nitriles is 2. The summed E-state index contributed by atoms with van der Waals surface area (Å²) >= 11 is 2.62. The number of pyridine rings is 1. The summed E-state index contributed by atoms with van der Waals surface area (Å²) < 4.78 is 0. The Kier molecular flexibility index (Phi) is 7.41. The molecule has 0 spiro atoms. The predicted molar refractivity (Wildman–Crippen MR) is 140 cm³/mol. The second kappa shape index (κ2) is 10.8. The summed E-state index contributed by atoms with van der Waals surface area (Å²) in [5.74, 6) is 0.248. The number of aryl methyl sites for hydroxylation is 1. The maximum absolute atomic E-state index is 12.5. The third kappa shape index (κ3) is 5.49. The minimum atomic E-state index is -0.189. The first-order valence-corrected chi connectivity index (χ1v) is 12.5. The van der Waals surface area contributed by atoms with Gasteiger partial charge in [-0.1, -0.05) is 60.2 Å². The van der Waals surface area contributed by atoms with E-state index in [1.807, 2.05) is 66.9 Å². The van der Waals surface area contributed by atoms with Crippen molar-refractivity contribution in [2.75, 3.05) is 16.8 Å². The van der Waals surface area contributed by atoms with Gasteiger partial charge < -0.3 is 11.1 Å². The van der Waals surface area contributed by atoms with Gasteiger partial charge >= 0.3 is 0 Å². The number of aromatic nitrogens is 2. The molecule has 2 aromatic heterocycles. The largest absolute Gasteiger partial charge is 0.383 e. The van der Waals surface area contributed by atoms with Gasteiger partial charge in [-0.25, -0.2) is 9.97 Å². The molecule has 0 bridgehead atoms. The first kappa shape index (κ1) is 24.0. The molecule has 0 unspecified atom stereocenters. The van der Waals surface area contributed by atoms with Crippen LogP contribution >= 0.6 is 23.1 Å². The maximum Gasteiger partial charge on any atom is 0.226 e. The highest BCUT2D eigenvalue weighted by atomic mass is 32.2. The van der Waals surface area contributed by atoms with E-state index in [4.69, 9.17) is 5.73 Å². The molecule has 2 heterocycles. The SMILES string of the molecule is Cc1ccc(-c2csc(NC(=O)CCSc3nc(N)c(C#N)c(-c4ccccc4)c3C#N)n2)cc1. The lowest BCUT2D eigenvalue weighted by atomic mass is 9.97. The van der Waals surface area contributed by atoms with Gasteiger partial charge in [0.2, 0.25) is 5.91 Å². The van der Waals surface area contributed by atoms with Crippen molar-refractivity contribution < 1.29 is 4.79 Å². The highest BCUT2D eigenvalue weighted by Gasteiger charge is 2.20. The van der Waals surface area contributed by atoms with Crippen molar-refractivity contribution in [2.24, 2.45) is 0 Å². The molecule has 2 aromatic carbocycles. The number of thiazole rings is 1. The van der Waals surface area contributed by atoms with Gasteiger partial charge in [0.15, 0.2) is 5.13 Å². The second-order valence-electron chi connectivity index (χ2n) is 7.57. The number of thioether (sulfide) groups is 1. The zero-order chi connectivity index (χ0) is 24.8. The predicted octanol–water partition coefficient (Wildman–Crippen LogP) is 5.63. The van der Waals surface area contributed by atoms with Gasteiger partial charge in [-0.2, -0.15) is 10.5 Å². The number of nitrogens with two attached hydrogens (primary N) is 1. The van der Waals surface area contributed by atoms with E-state index >= 15 is 0 Å². The molecule has 0 fully saturated rings. The second-order valence-corrected chi connectivity index (χ2v) is 9.51. The summed E-state index contributed by atoms with van der Waals surface area (Å²) in [4.78, 5) is 21.3. The topological polar surface area (TPSA) is 128 Å². The molecule has 0 atom stereocenters. The molecule has 172 valence electrons. The van der Waals surface area contributed by atoms with Gasteiger partial charge in [0.1, 0.15) is 28.5 Å². The van der Waals surface area contributed by atoms with E-state index in [9.17, 15) is 15.3 Å². The number of anilines is 2. The van der Waals surface area contributed by atoms with Gasteiger partial charge in [-0.15, -0.1) is 23.1 Å². The Morgan fingerprint density at radius 3 is 2.43 bits per heavy atom. The van der Waals surface area contributed by atoms with Crippen LogP contribution in [0.1, 0.15) is 23.1 Å². The normalized spacial score (nSPS) is 10.4. The van der Waals surface area contributed by atoms with Crippen molar-refractivity contribution in [3.63, 3.8) is 0 Å². The van der Waals surface area contributed by atoms with Crippen LogP contribution in [0, 0.1) is 29.6 Å². The lowest BCUT2D eigenvalue weighted by molar-refractivity contribution is -0.115. The third-order valence-corrected chi connectivity index (χ3v) is 6.88. The van der Waals surface area contributed by atoms with Gasteiger partial charge in [-0.3, -0.25) is 4.79 Å². The van der Waals surface area contributed by atoms with Crippen LogP contribution in [0.5, 0.6) is 0 Å². The van der Waals surface area contributed by atoms with E-state index in [0.29, 0.717) is 27.0 Å². The standard InChI is InChI=1S/C26H20N6OS2/c1-16-7-9-17(10-8-16)21-15-35-26(30-21)31-22(33)11-12-34-25-20(14-28)23(18-5-3-2-4-6-18)19(13-27)24(29)32-25/h2-10,15H,11-12H2,1H3,(H2,29,32)(H,30,31,33). The van der Waals surface area contributed by atoms with Crippen molar-refractivity contribution in [3.8, 4) is 34.5 Å². The van der Waals surface area contributed by atoms with E-state index in [1.54, 1.807) is 0 Å². The number of hydrogen-bond donors (Lipinski definition) is 2. The molecular formula is C26H20N6OS2. The fourth-order valence-electron chi connectivity index (χ4n) is 3.41. The van der Waals surface area contributed by atoms with Crippen molar-refractivity contribution in [2.45, 2.75) is 18.4 Å². The van der Waals surface area contributed by atoms with Crippen LogP contribution in [-0.4, -0.2) is 21.6 Å². The van der Waals surface area contributed by atoms with Gasteiger partial charge in [0, 0.05) is 28.7 Å². The van der Waals surface area contributed by atoms with Crippen LogP contribution in [0.15, 0.2) is 65.0 Å². The van der Waals surface area contributed by atoms with E-state index in [2.05, 4.69) is 27.4 Å². The summed E-state index contributed by atoms with van der Waals surface area (Å²) in [5, 5.41) is 25.1. The van der Waals surface area contributed by atoms with Crippen LogP contribution in [0.3, 0.4) is 0 Å². The average molecular weight is 497 g/mol. The third-order valence-electron chi connectivity index (χ3n) is 5.14. The average Bonchev–Trinajstić information content (AvgIpc) is 3.33. The monoisotopic (exact) mass is 496 g/mol. The minimum absolute atomic E-state index is 0.0590. The molecule has 0 radical (unpaired) electrons. The molecule has 1 amide bonds. The molecule has 4 aromatic rings. The number of hydrogen-bond acceptors (Lipinski definition) is 8. The van der Waals surface area contributed by atoms with E-state index in [1.165, 1.54) is 28.7 Å². The van der Waals surface area contributed by atoms with E-state index in [0.717, 1.165) is 11.3 Å². The van der Waals surface area contributed by atoms with E-state index in [-0.39, 0.29) is 29.3 Å². The van der Waals surface area contributed by atoms with Gasteiger partial charge in [0.25, 0.3) is 0 Å². The Labute approximate surface area is 211 Å². The molecule has 7 nitrogen and oxygen atoms in total. The molecule has 0 saturated heterocycles. The number of nitrogens with zero attached hydrogens (tertiary/aromatic N) is 4. The van der Waals surface area contributed by atoms with Crippen molar-refractivity contribution in [1.82, 2.24) is 9.97 Å². The fourth-order valence-corrected chi connectivity index (χ4v) is 5.08. The van der Waals surface area contributed by atoms with Crippen LogP contribution in [0.4, 0.5) is 10.9 Å². The first-order valence-electron chi connectivity index (χ1n) is 10.6. The van der Waals surface area contributed by atoms with Crippen LogP contribution in [-0.2, 0) is 4.79 Å². The molecule has 35 heavy (non-hydrogen) atoms. The molecule has 0 saturated carbocycles. The zero-order valence-corrected chi connectivity index (χ0v) is 20.4. The number of rotatable bonds is 7. The van der Waals surface area contributed by atoms with Crippen molar-refractivity contribution in [3.05, 3.63) is 76.7 Å². The Bertz CT molecular complexity index is 1450. The van der Waals surface area contributed by atoms with Crippen LogP contribution in [0.25, 0.3) is 22.4 Å². The van der Waals surface area contributed by atoms with Crippen molar-refractivity contribution in [1.29, 1.82) is 10.5 Å². The summed E-state index contributed by atoms with van der Waals surface area (Å²) in [7, 11) is 0.